The Morgan fingerprint density at radius 3 is 2.68 bits per heavy atom. The Hall–Kier alpha value is -1.48. The third kappa shape index (κ3) is 2.35. The highest BCUT2D eigenvalue weighted by Gasteiger charge is 2.27. The first-order valence-electron chi connectivity index (χ1n) is 6.70. The van der Waals surface area contributed by atoms with Crippen LogP contribution in [0.3, 0.4) is 0 Å². The van der Waals surface area contributed by atoms with Crippen molar-refractivity contribution in [1.29, 1.82) is 0 Å². The van der Waals surface area contributed by atoms with Crippen LogP contribution in [-0.4, -0.2) is 10.8 Å². The van der Waals surface area contributed by atoms with Crippen molar-refractivity contribution in [2.24, 2.45) is 5.92 Å². The standard InChI is InChI=1S/C16H17NOS/c1-10-16(19-11(2)17-10)15(18)14-8-7-12-5-3-4-6-13(12)9-14/h3-6,14H,7-9H2,1-2H3. The van der Waals surface area contributed by atoms with Crippen LogP contribution in [0.2, 0.25) is 0 Å². The number of ketones is 1. The van der Waals surface area contributed by atoms with Gasteiger partial charge < -0.3 is 0 Å². The van der Waals surface area contributed by atoms with Crippen molar-refractivity contribution < 1.29 is 4.79 Å². The van der Waals surface area contributed by atoms with Crippen molar-refractivity contribution in [3.63, 3.8) is 0 Å². The molecule has 3 rings (SSSR count). The Kier molecular flexibility index (Phi) is 3.23. The maximum absolute atomic E-state index is 12.6. The second-order valence-electron chi connectivity index (χ2n) is 5.22. The molecule has 1 aromatic heterocycles. The lowest BCUT2D eigenvalue weighted by Gasteiger charge is -2.23. The van der Waals surface area contributed by atoms with E-state index in [0.717, 1.165) is 34.8 Å². The van der Waals surface area contributed by atoms with E-state index in [1.807, 2.05) is 13.8 Å². The molecule has 19 heavy (non-hydrogen) atoms. The monoisotopic (exact) mass is 271 g/mol. The fourth-order valence-corrected chi connectivity index (χ4v) is 3.81. The van der Waals surface area contributed by atoms with Gasteiger partial charge in [-0.15, -0.1) is 11.3 Å². The second-order valence-corrected chi connectivity index (χ2v) is 6.42. The maximum atomic E-state index is 12.6. The molecule has 1 heterocycles. The van der Waals surface area contributed by atoms with Gasteiger partial charge in [-0.25, -0.2) is 4.98 Å². The maximum Gasteiger partial charge on any atom is 0.178 e. The minimum Gasteiger partial charge on any atom is -0.293 e. The number of fused-ring (bicyclic) bond motifs is 1. The summed E-state index contributed by atoms with van der Waals surface area (Å²) in [6.07, 6.45) is 2.86. The van der Waals surface area contributed by atoms with Crippen LogP contribution < -0.4 is 0 Å². The number of rotatable bonds is 2. The molecule has 0 spiro atoms. The van der Waals surface area contributed by atoms with Crippen molar-refractivity contribution in [3.8, 4) is 0 Å². The first-order valence-corrected chi connectivity index (χ1v) is 7.52. The number of thiazole rings is 1. The van der Waals surface area contributed by atoms with Crippen molar-refractivity contribution in [2.75, 3.05) is 0 Å². The first-order chi connectivity index (χ1) is 9.15. The third-order valence-corrected chi connectivity index (χ3v) is 4.93. The molecule has 98 valence electrons. The number of aromatic nitrogens is 1. The molecule has 2 nitrogen and oxygen atoms in total. The van der Waals surface area contributed by atoms with Gasteiger partial charge in [-0.1, -0.05) is 24.3 Å². The number of hydrogen-bond donors (Lipinski definition) is 0. The highest BCUT2D eigenvalue weighted by atomic mass is 32.1. The van der Waals surface area contributed by atoms with Gasteiger partial charge in [0, 0.05) is 5.92 Å². The number of benzene rings is 1. The van der Waals surface area contributed by atoms with Gasteiger partial charge in [0.05, 0.1) is 15.6 Å². The number of carbonyl (C=O) groups is 1. The molecule has 1 aromatic carbocycles. The topological polar surface area (TPSA) is 30.0 Å². The summed E-state index contributed by atoms with van der Waals surface area (Å²) in [7, 11) is 0. The lowest BCUT2D eigenvalue weighted by Crippen LogP contribution is -2.22. The smallest absolute Gasteiger partial charge is 0.178 e. The highest BCUT2D eigenvalue weighted by Crippen LogP contribution is 2.30. The number of aryl methyl sites for hydroxylation is 3. The van der Waals surface area contributed by atoms with Crippen LogP contribution in [-0.2, 0) is 12.8 Å². The molecular formula is C16H17NOS. The number of Topliss-reactive ketones (excluding diaryl/α,β-unsaturated/α-hetero) is 1. The van der Waals surface area contributed by atoms with Gasteiger partial charge in [0.1, 0.15) is 0 Å². The van der Waals surface area contributed by atoms with Gasteiger partial charge in [0.15, 0.2) is 5.78 Å². The van der Waals surface area contributed by atoms with Gasteiger partial charge in [0.25, 0.3) is 0 Å². The predicted molar refractivity (Wildman–Crippen MR) is 77.9 cm³/mol. The van der Waals surface area contributed by atoms with E-state index in [0.29, 0.717) is 0 Å². The lowest BCUT2D eigenvalue weighted by atomic mass is 9.81. The molecule has 2 aromatic rings. The van der Waals surface area contributed by atoms with E-state index in [9.17, 15) is 4.79 Å². The number of nitrogens with zero attached hydrogens (tertiary/aromatic N) is 1. The van der Waals surface area contributed by atoms with Crippen molar-refractivity contribution >= 4 is 17.1 Å². The molecule has 1 unspecified atom stereocenters. The molecule has 0 saturated carbocycles. The zero-order chi connectivity index (χ0) is 13.4. The molecule has 0 amide bonds. The molecule has 1 aliphatic carbocycles. The van der Waals surface area contributed by atoms with Crippen LogP contribution in [0.15, 0.2) is 24.3 Å². The van der Waals surface area contributed by atoms with Gasteiger partial charge in [0.2, 0.25) is 0 Å². The molecule has 0 N–H and O–H groups in total. The predicted octanol–water partition coefficient (Wildman–Crippen LogP) is 3.75. The van der Waals surface area contributed by atoms with E-state index in [2.05, 4.69) is 29.2 Å². The molecule has 3 heteroatoms. The molecule has 0 aliphatic heterocycles. The molecule has 0 fully saturated rings. The second kappa shape index (κ2) is 4.89. The Labute approximate surface area is 117 Å². The summed E-state index contributed by atoms with van der Waals surface area (Å²) < 4.78 is 0. The summed E-state index contributed by atoms with van der Waals surface area (Å²) in [5.74, 6) is 0.422. The van der Waals surface area contributed by atoms with E-state index < -0.39 is 0 Å². The van der Waals surface area contributed by atoms with Gasteiger partial charge in [-0.2, -0.15) is 0 Å². The fourth-order valence-electron chi connectivity index (χ4n) is 2.87. The molecule has 0 bridgehead atoms. The zero-order valence-electron chi connectivity index (χ0n) is 11.3. The summed E-state index contributed by atoms with van der Waals surface area (Å²) >= 11 is 1.54. The summed E-state index contributed by atoms with van der Waals surface area (Å²) in [6.45, 7) is 3.90. The van der Waals surface area contributed by atoms with Crippen LogP contribution in [0.1, 0.15) is 37.9 Å². The Balaban J connectivity index is 1.85. The summed E-state index contributed by atoms with van der Waals surface area (Å²) in [5.41, 5.74) is 3.64. The molecular weight excluding hydrogens is 254 g/mol. The average molecular weight is 271 g/mol. The molecule has 0 saturated heterocycles. The van der Waals surface area contributed by atoms with Crippen LogP contribution in [0.5, 0.6) is 0 Å². The van der Waals surface area contributed by atoms with Crippen LogP contribution in [0.25, 0.3) is 0 Å². The van der Waals surface area contributed by atoms with Crippen molar-refractivity contribution in [2.45, 2.75) is 33.1 Å². The van der Waals surface area contributed by atoms with Crippen molar-refractivity contribution in [3.05, 3.63) is 51.0 Å². The third-order valence-electron chi connectivity index (χ3n) is 3.84. The molecule has 0 radical (unpaired) electrons. The SMILES string of the molecule is Cc1nc(C)c(C(=O)C2CCc3ccccc3C2)s1. The summed E-state index contributed by atoms with van der Waals surface area (Å²) in [4.78, 5) is 17.8. The van der Waals surface area contributed by atoms with Crippen LogP contribution >= 0.6 is 11.3 Å². The lowest BCUT2D eigenvalue weighted by molar-refractivity contribution is 0.0912. The zero-order valence-corrected chi connectivity index (χ0v) is 12.1. The molecule has 1 aliphatic rings. The largest absolute Gasteiger partial charge is 0.293 e. The normalized spacial score (nSPS) is 18.1. The minimum atomic E-state index is 0.133. The molecule has 1 atom stereocenters. The fraction of sp³-hybridized carbons (Fsp3) is 0.375. The highest BCUT2D eigenvalue weighted by molar-refractivity contribution is 7.13. The Morgan fingerprint density at radius 2 is 2.00 bits per heavy atom. The van der Waals surface area contributed by atoms with E-state index in [1.54, 1.807) is 0 Å². The van der Waals surface area contributed by atoms with Crippen LogP contribution in [0.4, 0.5) is 0 Å². The van der Waals surface area contributed by atoms with Gasteiger partial charge >= 0.3 is 0 Å². The Morgan fingerprint density at radius 1 is 1.26 bits per heavy atom. The summed E-state index contributed by atoms with van der Waals surface area (Å²) in [5, 5.41) is 0.983. The van der Waals surface area contributed by atoms with E-state index in [4.69, 9.17) is 0 Å². The van der Waals surface area contributed by atoms with Crippen LogP contribution in [0, 0.1) is 19.8 Å². The Bertz CT molecular complexity index is 629. The minimum absolute atomic E-state index is 0.133. The number of carbonyl (C=O) groups excluding carboxylic acids is 1. The van der Waals surface area contributed by atoms with E-state index >= 15 is 0 Å². The van der Waals surface area contributed by atoms with Gasteiger partial charge in [-0.05, 0) is 44.2 Å². The number of hydrogen-bond acceptors (Lipinski definition) is 3. The van der Waals surface area contributed by atoms with Crippen molar-refractivity contribution in [1.82, 2.24) is 4.98 Å². The quantitative estimate of drug-likeness (QED) is 0.779. The summed E-state index contributed by atoms with van der Waals surface area (Å²) in [6, 6.07) is 8.48. The van der Waals surface area contributed by atoms with E-state index in [1.165, 1.54) is 22.5 Å². The first kappa shape index (κ1) is 12.5. The van der Waals surface area contributed by atoms with Gasteiger partial charge in [-0.3, -0.25) is 4.79 Å². The average Bonchev–Trinajstić information content (AvgIpc) is 2.76. The van der Waals surface area contributed by atoms with E-state index in [-0.39, 0.29) is 11.7 Å².